The van der Waals surface area contributed by atoms with Gasteiger partial charge < -0.3 is 10.6 Å². The molecule has 6 heteroatoms. The van der Waals surface area contributed by atoms with Gasteiger partial charge >= 0.3 is 0 Å². The van der Waals surface area contributed by atoms with E-state index >= 15 is 0 Å². The summed E-state index contributed by atoms with van der Waals surface area (Å²) in [6, 6.07) is 19.7. The van der Waals surface area contributed by atoms with Crippen molar-refractivity contribution in [3.8, 4) is 11.3 Å². The first kappa shape index (κ1) is 19.9. The molecular weight excluding hydrogens is 398 g/mol. The van der Waals surface area contributed by atoms with Crippen LogP contribution in [0, 0.1) is 6.92 Å². The Morgan fingerprint density at radius 2 is 1.94 bits per heavy atom. The molecule has 2 heterocycles. The number of amides is 1. The fraction of sp³-hybridized carbons (Fsp3) is 0.154. The standard InChI is InChI=1S/C26H23N5O/c1-17-8-9-19(25(32)29-23-11-10-18-5-2-3-7-21(18)23)15-24(17)31-26-28-14-12-22(30-26)20-6-4-13-27-16-20/h2-9,12-16,23H,10-11H2,1H3,(H,29,32)(H,28,30,31). The maximum absolute atomic E-state index is 13.0. The van der Waals surface area contributed by atoms with Gasteiger partial charge in [-0.3, -0.25) is 9.78 Å². The minimum Gasteiger partial charge on any atom is -0.345 e. The number of aryl methyl sites for hydroxylation is 2. The van der Waals surface area contributed by atoms with Gasteiger partial charge in [-0.15, -0.1) is 0 Å². The Hall–Kier alpha value is -4.06. The lowest BCUT2D eigenvalue weighted by atomic mass is 10.1. The lowest BCUT2D eigenvalue weighted by Crippen LogP contribution is -2.27. The molecule has 6 nitrogen and oxygen atoms in total. The predicted octanol–water partition coefficient (Wildman–Crippen LogP) is 5.01. The van der Waals surface area contributed by atoms with Crippen LogP contribution in [0.1, 0.15) is 39.5 Å². The Morgan fingerprint density at radius 1 is 1.03 bits per heavy atom. The number of carbonyl (C=O) groups excluding carboxylic acids is 1. The third-order valence-electron chi connectivity index (χ3n) is 5.80. The minimum absolute atomic E-state index is 0.0518. The first-order chi connectivity index (χ1) is 15.7. The van der Waals surface area contributed by atoms with Crippen molar-refractivity contribution in [1.29, 1.82) is 0 Å². The number of nitrogens with one attached hydrogen (secondary N) is 2. The van der Waals surface area contributed by atoms with Crippen LogP contribution in [0.2, 0.25) is 0 Å². The van der Waals surface area contributed by atoms with Gasteiger partial charge in [0.1, 0.15) is 0 Å². The van der Waals surface area contributed by atoms with E-state index in [0.29, 0.717) is 11.5 Å². The molecule has 0 fully saturated rings. The molecule has 1 atom stereocenters. The van der Waals surface area contributed by atoms with Crippen molar-refractivity contribution in [3.63, 3.8) is 0 Å². The zero-order valence-electron chi connectivity index (χ0n) is 17.7. The highest BCUT2D eigenvalue weighted by atomic mass is 16.1. The lowest BCUT2D eigenvalue weighted by molar-refractivity contribution is 0.0937. The Kier molecular flexibility index (Phi) is 5.34. The summed E-state index contributed by atoms with van der Waals surface area (Å²) in [6.45, 7) is 1.99. The average Bonchev–Trinajstić information content (AvgIpc) is 3.24. The van der Waals surface area contributed by atoms with Gasteiger partial charge in [-0.1, -0.05) is 30.3 Å². The fourth-order valence-corrected chi connectivity index (χ4v) is 4.06. The summed E-state index contributed by atoms with van der Waals surface area (Å²) in [6.07, 6.45) is 7.13. The molecule has 158 valence electrons. The van der Waals surface area contributed by atoms with Gasteiger partial charge in [0.25, 0.3) is 5.91 Å². The van der Waals surface area contributed by atoms with E-state index in [4.69, 9.17) is 0 Å². The summed E-state index contributed by atoms with van der Waals surface area (Å²) in [5, 5.41) is 6.45. The van der Waals surface area contributed by atoms with Crippen LogP contribution in [0.5, 0.6) is 0 Å². The van der Waals surface area contributed by atoms with Gasteiger partial charge in [0, 0.05) is 35.4 Å². The third kappa shape index (κ3) is 4.07. The van der Waals surface area contributed by atoms with E-state index < -0.39 is 0 Å². The van der Waals surface area contributed by atoms with E-state index in [1.807, 2.05) is 55.5 Å². The number of nitrogens with zero attached hydrogens (tertiary/aromatic N) is 3. The second-order valence-corrected chi connectivity index (χ2v) is 7.93. The van der Waals surface area contributed by atoms with Gasteiger partial charge in [-0.2, -0.15) is 0 Å². The smallest absolute Gasteiger partial charge is 0.251 e. The summed E-state index contributed by atoms with van der Waals surface area (Å²) in [5.74, 6) is 0.386. The van der Waals surface area contributed by atoms with Crippen LogP contribution < -0.4 is 10.6 Å². The van der Waals surface area contributed by atoms with E-state index in [1.165, 1.54) is 11.1 Å². The molecule has 1 unspecified atom stereocenters. The largest absolute Gasteiger partial charge is 0.345 e. The van der Waals surface area contributed by atoms with E-state index in [2.05, 4.69) is 37.7 Å². The Labute approximate surface area is 186 Å². The van der Waals surface area contributed by atoms with Crippen molar-refractivity contribution < 1.29 is 4.79 Å². The number of anilines is 2. The second-order valence-electron chi connectivity index (χ2n) is 7.93. The molecule has 0 saturated carbocycles. The molecule has 5 rings (SSSR count). The molecule has 1 aliphatic rings. The van der Waals surface area contributed by atoms with Gasteiger partial charge in [0.05, 0.1) is 11.7 Å². The number of aromatic nitrogens is 3. The highest BCUT2D eigenvalue weighted by molar-refractivity contribution is 5.95. The quantitative estimate of drug-likeness (QED) is 0.474. The van der Waals surface area contributed by atoms with Gasteiger partial charge in [0.15, 0.2) is 0 Å². The molecule has 2 aromatic carbocycles. The monoisotopic (exact) mass is 421 g/mol. The molecule has 4 aromatic rings. The lowest BCUT2D eigenvalue weighted by Gasteiger charge is -2.15. The Morgan fingerprint density at radius 3 is 2.81 bits per heavy atom. The van der Waals surface area contributed by atoms with E-state index in [-0.39, 0.29) is 11.9 Å². The summed E-state index contributed by atoms with van der Waals surface area (Å²) in [7, 11) is 0. The third-order valence-corrected chi connectivity index (χ3v) is 5.80. The summed E-state index contributed by atoms with van der Waals surface area (Å²) in [5.41, 5.74) is 6.63. The van der Waals surface area contributed by atoms with Crippen molar-refractivity contribution in [2.45, 2.75) is 25.8 Å². The van der Waals surface area contributed by atoms with Gasteiger partial charge in [0.2, 0.25) is 5.95 Å². The van der Waals surface area contributed by atoms with Crippen LogP contribution in [0.25, 0.3) is 11.3 Å². The normalized spacial score (nSPS) is 14.6. The number of fused-ring (bicyclic) bond motifs is 1. The minimum atomic E-state index is -0.0835. The zero-order valence-corrected chi connectivity index (χ0v) is 17.7. The number of hydrogen-bond acceptors (Lipinski definition) is 5. The van der Waals surface area contributed by atoms with Crippen LogP contribution in [-0.4, -0.2) is 20.9 Å². The second kappa shape index (κ2) is 8.59. The highest BCUT2D eigenvalue weighted by Crippen LogP contribution is 2.31. The fourth-order valence-electron chi connectivity index (χ4n) is 4.06. The number of hydrogen-bond donors (Lipinski definition) is 2. The average molecular weight is 422 g/mol. The molecule has 0 saturated heterocycles. The Balaban J connectivity index is 1.35. The molecule has 32 heavy (non-hydrogen) atoms. The molecule has 1 amide bonds. The molecule has 2 N–H and O–H groups in total. The van der Waals surface area contributed by atoms with E-state index in [1.54, 1.807) is 18.6 Å². The van der Waals surface area contributed by atoms with Crippen molar-refractivity contribution in [3.05, 3.63) is 102 Å². The molecule has 0 aliphatic heterocycles. The van der Waals surface area contributed by atoms with Crippen molar-refractivity contribution >= 4 is 17.5 Å². The number of carbonyl (C=O) groups is 1. The van der Waals surface area contributed by atoms with Gasteiger partial charge in [-0.25, -0.2) is 9.97 Å². The van der Waals surface area contributed by atoms with Crippen LogP contribution in [0.3, 0.4) is 0 Å². The molecule has 0 spiro atoms. The molecule has 0 bridgehead atoms. The summed E-state index contributed by atoms with van der Waals surface area (Å²) < 4.78 is 0. The molecule has 0 radical (unpaired) electrons. The molecule has 1 aliphatic carbocycles. The topological polar surface area (TPSA) is 79.8 Å². The summed E-state index contributed by atoms with van der Waals surface area (Å²) in [4.78, 5) is 26.1. The van der Waals surface area contributed by atoms with Crippen LogP contribution in [-0.2, 0) is 6.42 Å². The SMILES string of the molecule is Cc1ccc(C(=O)NC2CCc3ccccc32)cc1Nc1nccc(-c2cccnc2)n1. The maximum atomic E-state index is 13.0. The van der Waals surface area contributed by atoms with Crippen LogP contribution in [0.4, 0.5) is 11.6 Å². The Bertz CT molecular complexity index is 1270. The number of rotatable bonds is 5. The van der Waals surface area contributed by atoms with Crippen LogP contribution >= 0.6 is 0 Å². The number of pyridine rings is 1. The zero-order chi connectivity index (χ0) is 21.9. The van der Waals surface area contributed by atoms with Crippen molar-refractivity contribution in [2.24, 2.45) is 0 Å². The van der Waals surface area contributed by atoms with E-state index in [0.717, 1.165) is 35.3 Å². The first-order valence-electron chi connectivity index (χ1n) is 10.7. The van der Waals surface area contributed by atoms with Gasteiger partial charge in [-0.05, 0) is 66.8 Å². The predicted molar refractivity (Wildman–Crippen MR) is 125 cm³/mol. The molecular formula is C26H23N5O. The van der Waals surface area contributed by atoms with Crippen LogP contribution in [0.15, 0.2) is 79.3 Å². The maximum Gasteiger partial charge on any atom is 0.251 e. The summed E-state index contributed by atoms with van der Waals surface area (Å²) >= 11 is 0. The van der Waals surface area contributed by atoms with E-state index in [9.17, 15) is 4.79 Å². The molecule has 2 aromatic heterocycles. The number of benzene rings is 2. The van der Waals surface area contributed by atoms with Crippen molar-refractivity contribution in [1.82, 2.24) is 20.3 Å². The highest BCUT2D eigenvalue weighted by Gasteiger charge is 2.24. The van der Waals surface area contributed by atoms with Crippen molar-refractivity contribution in [2.75, 3.05) is 5.32 Å². The first-order valence-corrected chi connectivity index (χ1v) is 10.7.